The molecule has 0 amide bonds. The summed E-state index contributed by atoms with van der Waals surface area (Å²) in [6.07, 6.45) is 10.7. The van der Waals surface area contributed by atoms with Gasteiger partial charge in [0.05, 0.1) is 0 Å². The van der Waals surface area contributed by atoms with E-state index in [0.29, 0.717) is 5.41 Å². The zero-order chi connectivity index (χ0) is 15.3. The molecular formula is C20H31Cl. The number of unbranched alkanes of at least 4 members (excludes halogenated alkanes) is 1. The van der Waals surface area contributed by atoms with E-state index in [0.717, 1.165) is 11.8 Å². The Morgan fingerprint density at radius 1 is 1.19 bits per heavy atom. The van der Waals surface area contributed by atoms with E-state index < -0.39 is 0 Å². The molecule has 0 aliphatic heterocycles. The van der Waals surface area contributed by atoms with Gasteiger partial charge < -0.3 is 0 Å². The summed E-state index contributed by atoms with van der Waals surface area (Å²) in [7, 11) is 0. The molecular weight excluding hydrogens is 276 g/mol. The molecule has 1 aliphatic carbocycles. The van der Waals surface area contributed by atoms with Crippen LogP contribution in [0, 0.1) is 25.2 Å². The Labute approximate surface area is 136 Å². The van der Waals surface area contributed by atoms with Crippen LogP contribution in [0.1, 0.15) is 68.6 Å². The van der Waals surface area contributed by atoms with Gasteiger partial charge in [-0.25, -0.2) is 0 Å². The minimum Gasteiger partial charge on any atom is -0.126 e. The van der Waals surface area contributed by atoms with Crippen molar-refractivity contribution in [3.8, 4) is 0 Å². The second-order valence-corrected chi connectivity index (χ2v) is 7.59. The molecule has 0 heterocycles. The van der Waals surface area contributed by atoms with Crippen molar-refractivity contribution >= 4 is 11.6 Å². The monoisotopic (exact) mass is 306 g/mol. The molecule has 1 saturated carbocycles. The lowest BCUT2D eigenvalue weighted by Crippen LogP contribution is -2.32. The van der Waals surface area contributed by atoms with Crippen LogP contribution >= 0.6 is 11.6 Å². The summed E-state index contributed by atoms with van der Waals surface area (Å²) in [6, 6.07) is 6.85. The third-order valence-corrected chi connectivity index (χ3v) is 6.05. The third kappa shape index (κ3) is 4.49. The number of aryl methyl sites for hydroxylation is 2. The molecule has 1 heteroatoms. The zero-order valence-corrected chi connectivity index (χ0v) is 14.8. The minimum atomic E-state index is 0.350. The van der Waals surface area contributed by atoms with Gasteiger partial charge in [0.1, 0.15) is 0 Å². The number of rotatable bonds is 6. The van der Waals surface area contributed by atoms with Crippen LogP contribution < -0.4 is 0 Å². The average Bonchev–Trinajstić information content (AvgIpc) is 2.50. The van der Waals surface area contributed by atoms with Crippen LogP contribution in [0.25, 0.3) is 0 Å². The molecule has 1 fully saturated rings. The molecule has 0 atom stereocenters. The van der Waals surface area contributed by atoms with E-state index in [-0.39, 0.29) is 0 Å². The summed E-state index contributed by atoms with van der Waals surface area (Å²) in [4.78, 5) is 0. The lowest BCUT2D eigenvalue weighted by molar-refractivity contribution is 0.165. The van der Waals surface area contributed by atoms with Crippen molar-refractivity contribution in [2.75, 3.05) is 5.88 Å². The summed E-state index contributed by atoms with van der Waals surface area (Å²) in [5, 5.41) is 0. The molecule has 0 N–H and O–H groups in total. The lowest BCUT2D eigenvalue weighted by atomic mass is 9.67. The lowest BCUT2D eigenvalue weighted by Gasteiger charge is -2.39. The van der Waals surface area contributed by atoms with Crippen LogP contribution in [0.2, 0.25) is 0 Å². The first-order chi connectivity index (χ1) is 10.1. The van der Waals surface area contributed by atoms with Crippen molar-refractivity contribution < 1.29 is 0 Å². The summed E-state index contributed by atoms with van der Waals surface area (Å²) >= 11 is 6.43. The van der Waals surface area contributed by atoms with E-state index in [2.05, 4.69) is 39.0 Å². The second kappa shape index (κ2) is 7.68. The Morgan fingerprint density at radius 3 is 2.52 bits per heavy atom. The predicted octanol–water partition coefficient (Wildman–Crippen LogP) is 6.45. The summed E-state index contributed by atoms with van der Waals surface area (Å²) in [6.45, 7) is 6.73. The Morgan fingerprint density at radius 2 is 1.90 bits per heavy atom. The molecule has 21 heavy (non-hydrogen) atoms. The van der Waals surface area contributed by atoms with Gasteiger partial charge in [-0.2, -0.15) is 0 Å². The van der Waals surface area contributed by atoms with E-state index >= 15 is 0 Å². The Bertz CT molecular complexity index is 441. The van der Waals surface area contributed by atoms with Gasteiger partial charge in [0.15, 0.2) is 0 Å². The highest BCUT2D eigenvalue weighted by molar-refractivity contribution is 6.18. The maximum absolute atomic E-state index is 6.43. The van der Waals surface area contributed by atoms with Gasteiger partial charge in [-0.15, -0.1) is 11.6 Å². The van der Waals surface area contributed by atoms with Gasteiger partial charge in [0.2, 0.25) is 0 Å². The molecule has 0 nitrogen and oxygen atoms in total. The number of hydrogen-bond donors (Lipinski definition) is 0. The smallest absolute Gasteiger partial charge is 0.0283 e. The predicted molar refractivity (Wildman–Crippen MR) is 94.3 cm³/mol. The topological polar surface area (TPSA) is 0 Å². The zero-order valence-electron chi connectivity index (χ0n) is 14.1. The van der Waals surface area contributed by atoms with Crippen LogP contribution in [0.4, 0.5) is 0 Å². The maximum Gasteiger partial charge on any atom is 0.0283 e. The fourth-order valence-corrected chi connectivity index (χ4v) is 4.19. The van der Waals surface area contributed by atoms with E-state index in [1.165, 1.54) is 68.1 Å². The van der Waals surface area contributed by atoms with Crippen molar-refractivity contribution in [3.63, 3.8) is 0 Å². The van der Waals surface area contributed by atoms with E-state index in [1.54, 1.807) is 0 Å². The summed E-state index contributed by atoms with van der Waals surface area (Å²) in [5.74, 6) is 1.78. The number of halogens is 1. The molecule has 1 aliphatic rings. The quantitative estimate of drug-likeness (QED) is 0.530. The largest absolute Gasteiger partial charge is 0.126 e. The van der Waals surface area contributed by atoms with Crippen LogP contribution in [0.5, 0.6) is 0 Å². The van der Waals surface area contributed by atoms with Gasteiger partial charge >= 0.3 is 0 Å². The third-order valence-electron chi connectivity index (χ3n) is 5.49. The van der Waals surface area contributed by atoms with Gasteiger partial charge in [0, 0.05) is 5.88 Å². The number of alkyl halides is 1. The van der Waals surface area contributed by atoms with Crippen molar-refractivity contribution in [2.24, 2.45) is 11.3 Å². The molecule has 0 aromatic heterocycles. The number of hydrogen-bond acceptors (Lipinski definition) is 0. The molecule has 2 rings (SSSR count). The van der Waals surface area contributed by atoms with E-state index in [4.69, 9.17) is 11.6 Å². The van der Waals surface area contributed by atoms with Gasteiger partial charge in [-0.3, -0.25) is 0 Å². The maximum atomic E-state index is 6.43. The summed E-state index contributed by atoms with van der Waals surface area (Å²) < 4.78 is 0. The molecule has 0 radical (unpaired) electrons. The molecule has 0 bridgehead atoms. The van der Waals surface area contributed by atoms with Crippen LogP contribution in [-0.2, 0) is 6.42 Å². The van der Waals surface area contributed by atoms with Crippen molar-refractivity contribution in [1.82, 2.24) is 0 Å². The fraction of sp³-hybridized carbons (Fsp3) is 0.700. The van der Waals surface area contributed by atoms with Crippen molar-refractivity contribution in [2.45, 2.75) is 72.1 Å². The van der Waals surface area contributed by atoms with E-state index in [9.17, 15) is 0 Å². The standard InChI is InChI=1S/C20H31Cl/c1-4-5-6-18-9-11-20(15-21,12-10-18)14-19-13-16(2)7-8-17(19)3/h7-8,13,18H,4-6,9-12,14-15H2,1-3H3. The first-order valence-electron chi connectivity index (χ1n) is 8.70. The Hall–Kier alpha value is -0.490. The van der Waals surface area contributed by atoms with Crippen molar-refractivity contribution in [1.29, 1.82) is 0 Å². The van der Waals surface area contributed by atoms with Crippen molar-refractivity contribution in [3.05, 3.63) is 34.9 Å². The fourth-order valence-electron chi connectivity index (χ4n) is 3.82. The molecule has 0 spiro atoms. The molecule has 1 aromatic rings. The highest BCUT2D eigenvalue weighted by Gasteiger charge is 2.34. The molecule has 118 valence electrons. The molecule has 1 aromatic carbocycles. The second-order valence-electron chi connectivity index (χ2n) is 7.33. The Kier molecular flexibility index (Phi) is 6.17. The minimum absolute atomic E-state index is 0.350. The SMILES string of the molecule is CCCCC1CCC(CCl)(Cc2cc(C)ccc2C)CC1. The van der Waals surface area contributed by atoms with Crippen LogP contribution in [0.15, 0.2) is 18.2 Å². The molecule has 0 saturated heterocycles. The summed E-state index contributed by atoms with van der Waals surface area (Å²) in [5.41, 5.74) is 4.67. The average molecular weight is 307 g/mol. The molecule has 0 unspecified atom stereocenters. The highest BCUT2D eigenvalue weighted by atomic mass is 35.5. The van der Waals surface area contributed by atoms with Gasteiger partial charge in [-0.1, -0.05) is 49.9 Å². The van der Waals surface area contributed by atoms with Gasteiger partial charge in [0.25, 0.3) is 0 Å². The van der Waals surface area contributed by atoms with Crippen LogP contribution in [-0.4, -0.2) is 5.88 Å². The van der Waals surface area contributed by atoms with Gasteiger partial charge in [-0.05, 0) is 68.4 Å². The number of benzene rings is 1. The Balaban J connectivity index is 2.01. The first-order valence-corrected chi connectivity index (χ1v) is 9.24. The highest BCUT2D eigenvalue weighted by Crippen LogP contribution is 2.44. The normalized spacial score (nSPS) is 26.0. The first kappa shape index (κ1) is 16.9. The van der Waals surface area contributed by atoms with E-state index in [1.807, 2.05) is 0 Å². The van der Waals surface area contributed by atoms with Crippen LogP contribution in [0.3, 0.4) is 0 Å².